The highest BCUT2D eigenvalue weighted by Gasteiger charge is 2.19. The molecule has 1 aliphatic rings. The Morgan fingerprint density at radius 1 is 1.50 bits per heavy atom. The second-order valence-corrected chi connectivity index (χ2v) is 4.03. The van der Waals surface area contributed by atoms with Crippen LogP contribution in [0.3, 0.4) is 0 Å². The van der Waals surface area contributed by atoms with E-state index in [2.05, 4.69) is 5.32 Å². The monoisotopic (exact) mass is 195 g/mol. The third-order valence-electron chi connectivity index (χ3n) is 2.82. The van der Waals surface area contributed by atoms with Gasteiger partial charge in [-0.3, -0.25) is 0 Å². The molecule has 3 heteroatoms. The van der Waals surface area contributed by atoms with Gasteiger partial charge in [0.1, 0.15) is 0 Å². The van der Waals surface area contributed by atoms with Gasteiger partial charge in [0.2, 0.25) is 0 Å². The molecular formula is C11H17NO2. The van der Waals surface area contributed by atoms with E-state index in [1.165, 1.54) is 12.0 Å². The lowest BCUT2D eigenvalue weighted by molar-refractivity contribution is 0.111. The van der Waals surface area contributed by atoms with Gasteiger partial charge in [0, 0.05) is 18.2 Å². The van der Waals surface area contributed by atoms with Crippen LogP contribution in [0.2, 0.25) is 0 Å². The molecule has 1 saturated carbocycles. The quantitative estimate of drug-likeness (QED) is 0.771. The molecule has 14 heavy (non-hydrogen) atoms. The smallest absolute Gasteiger partial charge is 0.0947 e. The number of aliphatic hydroxyl groups is 1. The van der Waals surface area contributed by atoms with Gasteiger partial charge in [-0.25, -0.2) is 0 Å². The van der Waals surface area contributed by atoms with Gasteiger partial charge in [-0.2, -0.15) is 0 Å². The summed E-state index contributed by atoms with van der Waals surface area (Å²) in [5, 5.41) is 12.9. The second kappa shape index (κ2) is 4.62. The molecule has 0 saturated heterocycles. The predicted octanol–water partition coefficient (Wildman–Crippen LogP) is 1.67. The summed E-state index contributed by atoms with van der Waals surface area (Å²) >= 11 is 0. The largest absolute Gasteiger partial charge is 0.472 e. The van der Waals surface area contributed by atoms with E-state index in [-0.39, 0.29) is 6.10 Å². The minimum Gasteiger partial charge on any atom is -0.472 e. The Morgan fingerprint density at radius 2 is 2.43 bits per heavy atom. The van der Waals surface area contributed by atoms with Crippen LogP contribution in [0.25, 0.3) is 0 Å². The zero-order chi connectivity index (χ0) is 9.80. The Kier molecular flexibility index (Phi) is 3.22. The summed E-state index contributed by atoms with van der Waals surface area (Å²) in [6.45, 7) is 0.841. The van der Waals surface area contributed by atoms with Crippen molar-refractivity contribution in [3.63, 3.8) is 0 Å². The van der Waals surface area contributed by atoms with Crippen LogP contribution in [0.5, 0.6) is 0 Å². The van der Waals surface area contributed by atoms with E-state index in [1.54, 1.807) is 12.5 Å². The number of hydrogen-bond donors (Lipinski definition) is 2. The van der Waals surface area contributed by atoms with Crippen molar-refractivity contribution in [2.75, 3.05) is 0 Å². The molecule has 0 radical (unpaired) electrons. The van der Waals surface area contributed by atoms with Gasteiger partial charge in [-0.15, -0.1) is 0 Å². The Balaban J connectivity index is 1.75. The summed E-state index contributed by atoms with van der Waals surface area (Å²) in [5.74, 6) is 0. The molecule has 1 fully saturated rings. The van der Waals surface area contributed by atoms with E-state index in [9.17, 15) is 5.11 Å². The lowest BCUT2D eigenvalue weighted by atomic mass is 9.93. The summed E-state index contributed by atoms with van der Waals surface area (Å²) in [6.07, 6.45) is 7.49. The number of nitrogens with one attached hydrogen (secondary N) is 1. The molecule has 0 spiro atoms. The predicted molar refractivity (Wildman–Crippen MR) is 53.8 cm³/mol. The Morgan fingerprint density at radius 3 is 3.14 bits per heavy atom. The molecule has 2 unspecified atom stereocenters. The van der Waals surface area contributed by atoms with Crippen LogP contribution < -0.4 is 5.32 Å². The lowest BCUT2D eigenvalue weighted by Crippen LogP contribution is -2.35. The van der Waals surface area contributed by atoms with E-state index in [0.717, 1.165) is 25.8 Å². The molecule has 0 aliphatic heterocycles. The molecule has 0 amide bonds. The second-order valence-electron chi connectivity index (χ2n) is 4.03. The summed E-state index contributed by atoms with van der Waals surface area (Å²) in [6, 6.07) is 2.43. The highest BCUT2D eigenvalue weighted by Crippen LogP contribution is 2.18. The molecular weight excluding hydrogens is 178 g/mol. The van der Waals surface area contributed by atoms with Crippen LogP contribution in [0.15, 0.2) is 23.0 Å². The highest BCUT2D eigenvalue weighted by molar-refractivity contribution is 5.04. The highest BCUT2D eigenvalue weighted by atomic mass is 16.3. The van der Waals surface area contributed by atoms with Gasteiger partial charge in [0.15, 0.2) is 0 Å². The SMILES string of the molecule is OC1CCCC(NCc2ccoc2)C1. The Bertz CT molecular complexity index is 258. The molecule has 2 atom stereocenters. The molecule has 3 nitrogen and oxygen atoms in total. The molecule has 1 aliphatic carbocycles. The minimum absolute atomic E-state index is 0.106. The van der Waals surface area contributed by atoms with Crippen molar-refractivity contribution in [3.05, 3.63) is 24.2 Å². The fourth-order valence-electron chi connectivity index (χ4n) is 2.00. The maximum Gasteiger partial charge on any atom is 0.0947 e. The van der Waals surface area contributed by atoms with Crippen molar-refractivity contribution < 1.29 is 9.52 Å². The first kappa shape index (κ1) is 9.74. The maximum atomic E-state index is 9.48. The third-order valence-corrected chi connectivity index (χ3v) is 2.82. The average Bonchev–Trinajstić information content (AvgIpc) is 2.67. The summed E-state index contributed by atoms with van der Waals surface area (Å²) < 4.78 is 4.99. The van der Waals surface area contributed by atoms with Crippen molar-refractivity contribution in [2.45, 2.75) is 44.4 Å². The molecule has 0 aromatic carbocycles. The number of furan rings is 1. The van der Waals surface area contributed by atoms with E-state index < -0.39 is 0 Å². The van der Waals surface area contributed by atoms with E-state index in [4.69, 9.17) is 4.42 Å². The van der Waals surface area contributed by atoms with Crippen LogP contribution in [0.4, 0.5) is 0 Å². The first-order valence-electron chi connectivity index (χ1n) is 5.27. The third kappa shape index (κ3) is 2.59. The van der Waals surface area contributed by atoms with Crippen LogP contribution in [-0.4, -0.2) is 17.3 Å². The lowest BCUT2D eigenvalue weighted by Gasteiger charge is -2.26. The zero-order valence-electron chi connectivity index (χ0n) is 8.28. The Labute approximate surface area is 84.1 Å². The van der Waals surface area contributed by atoms with E-state index in [1.807, 2.05) is 6.07 Å². The Hall–Kier alpha value is -0.800. The fourth-order valence-corrected chi connectivity index (χ4v) is 2.00. The molecule has 0 bridgehead atoms. The summed E-state index contributed by atoms with van der Waals surface area (Å²) in [4.78, 5) is 0. The van der Waals surface area contributed by atoms with Crippen LogP contribution in [-0.2, 0) is 6.54 Å². The first-order valence-corrected chi connectivity index (χ1v) is 5.27. The average molecular weight is 195 g/mol. The van der Waals surface area contributed by atoms with Crippen LogP contribution >= 0.6 is 0 Å². The van der Waals surface area contributed by atoms with Gasteiger partial charge >= 0.3 is 0 Å². The maximum absolute atomic E-state index is 9.48. The molecule has 78 valence electrons. The van der Waals surface area contributed by atoms with Crippen molar-refractivity contribution in [1.29, 1.82) is 0 Å². The van der Waals surface area contributed by atoms with Crippen molar-refractivity contribution in [2.24, 2.45) is 0 Å². The molecule has 2 rings (SSSR count). The van der Waals surface area contributed by atoms with Gasteiger partial charge < -0.3 is 14.8 Å². The van der Waals surface area contributed by atoms with E-state index in [0.29, 0.717) is 6.04 Å². The first-order chi connectivity index (χ1) is 6.84. The zero-order valence-corrected chi connectivity index (χ0v) is 8.28. The standard InChI is InChI=1S/C11H17NO2/c13-11-3-1-2-10(6-11)12-7-9-4-5-14-8-9/h4-5,8,10-13H,1-3,6-7H2. The minimum atomic E-state index is -0.106. The van der Waals surface area contributed by atoms with Crippen LogP contribution in [0, 0.1) is 0 Å². The topological polar surface area (TPSA) is 45.4 Å². The summed E-state index contributed by atoms with van der Waals surface area (Å²) in [7, 11) is 0. The molecule has 1 aromatic heterocycles. The van der Waals surface area contributed by atoms with Crippen LogP contribution in [0.1, 0.15) is 31.2 Å². The number of aliphatic hydroxyl groups excluding tert-OH is 1. The van der Waals surface area contributed by atoms with E-state index >= 15 is 0 Å². The van der Waals surface area contributed by atoms with Gasteiger partial charge in [-0.05, 0) is 31.7 Å². The fraction of sp³-hybridized carbons (Fsp3) is 0.636. The molecule has 2 N–H and O–H groups in total. The van der Waals surface area contributed by atoms with Gasteiger partial charge in [0.25, 0.3) is 0 Å². The number of rotatable bonds is 3. The summed E-state index contributed by atoms with van der Waals surface area (Å²) in [5.41, 5.74) is 1.17. The van der Waals surface area contributed by atoms with Crippen molar-refractivity contribution >= 4 is 0 Å². The number of hydrogen-bond acceptors (Lipinski definition) is 3. The normalized spacial score (nSPS) is 27.8. The van der Waals surface area contributed by atoms with Crippen molar-refractivity contribution in [1.82, 2.24) is 5.32 Å². The molecule has 1 heterocycles. The van der Waals surface area contributed by atoms with Crippen molar-refractivity contribution in [3.8, 4) is 0 Å². The van der Waals surface area contributed by atoms with Gasteiger partial charge in [-0.1, -0.05) is 0 Å². The molecule has 1 aromatic rings. The van der Waals surface area contributed by atoms with Gasteiger partial charge in [0.05, 0.1) is 18.6 Å².